The molecule has 1 aliphatic rings. The molecule has 1 fully saturated rings. The lowest BCUT2D eigenvalue weighted by atomic mass is 10.2. The largest absolute Gasteiger partial charge is 0.575 e. The lowest BCUT2D eigenvalue weighted by molar-refractivity contribution is -0.171. The Hall–Kier alpha value is -5.83. The highest BCUT2D eigenvalue weighted by atomic mass is 31.1. The first-order valence-electron chi connectivity index (χ1n) is 16.4. The third-order valence-electron chi connectivity index (χ3n) is 7.68. The van der Waals surface area contributed by atoms with Crippen molar-refractivity contribution in [1.82, 2.24) is 9.55 Å². The summed E-state index contributed by atoms with van der Waals surface area (Å²) in [5.74, 6) is -1.58. The van der Waals surface area contributed by atoms with Crippen LogP contribution in [0.3, 0.4) is 0 Å². The number of nitrogens with one attached hydrogen (secondary N) is 1. The van der Waals surface area contributed by atoms with Gasteiger partial charge in [0.05, 0.1) is 0 Å². The van der Waals surface area contributed by atoms with Crippen LogP contribution in [0.4, 0.5) is 4.79 Å². The van der Waals surface area contributed by atoms with Crippen molar-refractivity contribution in [2.24, 2.45) is 4.74 Å². The zero-order chi connectivity index (χ0) is 37.7. The van der Waals surface area contributed by atoms with Crippen LogP contribution >= 0.6 is 8.17 Å². The summed E-state index contributed by atoms with van der Waals surface area (Å²) in [6, 6.07) is 24.0. The van der Waals surface area contributed by atoms with Crippen molar-refractivity contribution in [3.8, 4) is 11.5 Å². The van der Waals surface area contributed by atoms with E-state index in [4.69, 9.17) is 32.9 Å². The van der Waals surface area contributed by atoms with Crippen LogP contribution in [-0.2, 0) is 46.5 Å². The zero-order valence-electron chi connectivity index (χ0n) is 28.6. The molecular formula is C36H36N3O13P. The van der Waals surface area contributed by atoms with E-state index in [1.807, 2.05) is 12.1 Å². The molecule has 0 saturated carbocycles. The van der Waals surface area contributed by atoms with E-state index in [-0.39, 0.29) is 37.7 Å². The smallest absolute Gasteiger partial charge is 0.508 e. The Kier molecular flexibility index (Phi) is 13.5. The molecule has 17 heteroatoms. The highest BCUT2D eigenvalue weighted by Gasteiger charge is 2.40. The molecule has 0 aliphatic carbocycles. The number of H-pyrrole nitrogens is 1. The number of hydrogen-bond acceptors (Lipinski definition) is 14. The number of nitrogens with zero attached hydrogens (tertiary/aromatic N) is 2. The summed E-state index contributed by atoms with van der Waals surface area (Å²) in [7, 11) is -2.84. The van der Waals surface area contributed by atoms with Crippen LogP contribution in [0.2, 0.25) is 0 Å². The monoisotopic (exact) mass is 749 g/mol. The maximum atomic E-state index is 12.9. The van der Waals surface area contributed by atoms with Crippen molar-refractivity contribution in [3.63, 3.8) is 0 Å². The van der Waals surface area contributed by atoms with Crippen LogP contribution in [0, 0.1) is 0 Å². The van der Waals surface area contributed by atoms with E-state index in [0.29, 0.717) is 0 Å². The molecule has 6 atom stereocenters. The second-order valence-corrected chi connectivity index (χ2v) is 12.5. The first-order chi connectivity index (χ1) is 25.5. The number of aromatic amines is 1. The molecule has 1 aliphatic heterocycles. The van der Waals surface area contributed by atoms with Gasteiger partial charge in [0.1, 0.15) is 38.3 Å². The highest BCUT2D eigenvalue weighted by molar-refractivity contribution is 7.34. The van der Waals surface area contributed by atoms with E-state index >= 15 is 0 Å². The van der Waals surface area contributed by atoms with Crippen LogP contribution in [-0.4, -0.2) is 58.6 Å². The predicted molar refractivity (Wildman–Crippen MR) is 185 cm³/mol. The molecule has 0 radical (unpaired) electrons. The number of esters is 2. The van der Waals surface area contributed by atoms with Crippen molar-refractivity contribution in [2.45, 2.75) is 64.1 Å². The lowest BCUT2D eigenvalue weighted by Crippen LogP contribution is -2.33. The minimum atomic E-state index is -2.84. The second-order valence-electron chi connectivity index (χ2n) is 11.6. The van der Waals surface area contributed by atoms with Gasteiger partial charge in [0.2, 0.25) is 5.75 Å². The Labute approximate surface area is 303 Å². The minimum absolute atomic E-state index is 0.000208. The number of benzene rings is 3. The van der Waals surface area contributed by atoms with Gasteiger partial charge >= 0.3 is 32.0 Å². The van der Waals surface area contributed by atoms with Gasteiger partial charge in [0.25, 0.3) is 5.56 Å². The van der Waals surface area contributed by atoms with Gasteiger partial charge in [-0.3, -0.25) is 18.9 Å². The van der Waals surface area contributed by atoms with Crippen LogP contribution in [0.5, 0.6) is 11.5 Å². The van der Waals surface area contributed by atoms with Crippen molar-refractivity contribution in [2.75, 3.05) is 6.61 Å². The molecule has 0 amide bonds. The molecule has 5 rings (SSSR count). The van der Waals surface area contributed by atoms with Gasteiger partial charge in [-0.1, -0.05) is 77.5 Å². The van der Waals surface area contributed by atoms with Gasteiger partial charge in [-0.25, -0.2) is 19.2 Å². The molecule has 1 N–H and O–H groups in total. The number of ether oxygens (including phenoxy) is 6. The van der Waals surface area contributed by atoms with E-state index in [1.54, 1.807) is 60.7 Å². The van der Waals surface area contributed by atoms with E-state index in [9.17, 15) is 28.9 Å². The molecule has 278 valence electrons. The molecule has 1 saturated heterocycles. The van der Waals surface area contributed by atoms with E-state index in [0.717, 1.165) is 21.8 Å². The third kappa shape index (κ3) is 11.3. The van der Waals surface area contributed by atoms with E-state index in [1.165, 1.54) is 32.2 Å². The number of carbonyl (C=O) groups excluding carboxylic acids is 3. The van der Waals surface area contributed by atoms with Crippen molar-refractivity contribution in [3.05, 3.63) is 129 Å². The molecule has 1 unspecified atom stereocenters. The summed E-state index contributed by atoms with van der Waals surface area (Å²) < 4.78 is 43.6. The standard InChI is InChI=1S/C36H36N3O13P/c1-23(33(41)49-24(2)34(42)47-20-25-11-5-3-6-12-25)38-53(45)52-28-16-10-9-15-27(28)46-22-30-29(51-36(44)48-21-26-13-7-4-8-14-26)19-32(50-30)39-18-17-31(40)37-35(39)43/h3-18,23-24,29-30,32H,19-22H2,1-2H3,(H,37,40,43)/t23-,24-,29-,30+,32+/m0/s1. The SMILES string of the molecule is C[C@H](N=[P+]([O-])Oc1ccccc1OC[C@H]1O[C@@H](n2ccc(=O)[nH]c2=O)C[C@@H]1OC(=O)OCc1ccccc1)C(=O)O[C@@H](C)C(=O)OCc1ccccc1. The fourth-order valence-electron chi connectivity index (χ4n) is 4.95. The zero-order valence-corrected chi connectivity index (χ0v) is 29.5. The number of carbonyl (C=O) groups is 3. The Morgan fingerprint density at radius 2 is 1.51 bits per heavy atom. The fraction of sp³-hybridized carbons (Fsp3) is 0.306. The fourth-order valence-corrected chi connectivity index (χ4v) is 5.70. The maximum absolute atomic E-state index is 12.9. The van der Waals surface area contributed by atoms with Gasteiger partial charge < -0.3 is 33.3 Å². The average Bonchev–Trinajstić information content (AvgIpc) is 3.54. The normalized spacial score (nSPS) is 17.9. The predicted octanol–water partition coefficient (Wildman–Crippen LogP) is 3.92. The van der Waals surface area contributed by atoms with Gasteiger partial charge in [0, 0.05) is 18.7 Å². The summed E-state index contributed by atoms with van der Waals surface area (Å²) in [5, 5.41) is 0. The first kappa shape index (κ1) is 38.4. The second kappa shape index (κ2) is 18.6. The van der Waals surface area contributed by atoms with Crippen molar-refractivity contribution < 1.29 is 52.2 Å². The Balaban J connectivity index is 1.19. The third-order valence-corrected chi connectivity index (χ3v) is 8.56. The van der Waals surface area contributed by atoms with Crippen LogP contribution in [0.15, 0.2) is 112 Å². The summed E-state index contributed by atoms with van der Waals surface area (Å²) in [5.41, 5.74) is 0.182. The highest BCUT2D eigenvalue weighted by Crippen LogP contribution is 2.35. The number of para-hydroxylation sites is 2. The Morgan fingerprint density at radius 1 is 0.887 bits per heavy atom. The topological polar surface area (TPSA) is 206 Å². The van der Waals surface area contributed by atoms with Gasteiger partial charge in [-0.15, -0.1) is 0 Å². The molecule has 1 aromatic heterocycles. The molecule has 0 spiro atoms. The van der Waals surface area contributed by atoms with Gasteiger partial charge in [0.15, 0.2) is 17.9 Å². The molecule has 2 heterocycles. The molecule has 4 aromatic rings. The lowest BCUT2D eigenvalue weighted by Gasteiger charge is -2.19. The molecule has 3 aromatic carbocycles. The molecule has 0 bridgehead atoms. The molecule has 16 nitrogen and oxygen atoms in total. The summed E-state index contributed by atoms with van der Waals surface area (Å²) in [6.45, 7) is 2.40. The van der Waals surface area contributed by atoms with Crippen LogP contribution in [0.25, 0.3) is 0 Å². The number of hydrogen-bond donors (Lipinski definition) is 1. The summed E-state index contributed by atoms with van der Waals surface area (Å²) >= 11 is 0. The molecule has 53 heavy (non-hydrogen) atoms. The van der Waals surface area contributed by atoms with Crippen LogP contribution < -0.4 is 25.4 Å². The number of aromatic nitrogens is 2. The molecular weight excluding hydrogens is 713 g/mol. The minimum Gasteiger partial charge on any atom is -0.575 e. The van der Waals surface area contributed by atoms with Gasteiger partial charge in [-0.05, 0) is 37.1 Å². The van der Waals surface area contributed by atoms with Crippen LogP contribution in [0.1, 0.15) is 37.6 Å². The number of rotatable bonds is 15. The summed E-state index contributed by atoms with van der Waals surface area (Å²) in [4.78, 5) is 76.7. The van der Waals surface area contributed by atoms with Crippen molar-refractivity contribution >= 4 is 26.3 Å². The Morgan fingerprint density at radius 3 is 2.17 bits per heavy atom. The quantitative estimate of drug-likeness (QED) is 0.104. The summed E-state index contributed by atoms with van der Waals surface area (Å²) in [6.07, 6.45) is -3.77. The van der Waals surface area contributed by atoms with Gasteiger partial charge in [-0.2, -0.15) is 0 Å². The maximum Gasteiger partial charge on any atom is 0.508 e. The van der Waals surface area contributed by atoms with E-state index in [2.05, 4.69) is 9.73 Å². The average molecular weight is 750 g/mol. The van der Waals surface area contributed by atoms with E-state index < -0.39 is 68.1 Å². The Bertz CT molecular complexity index is 2000. The van der Waals surface area contributed by atoms with Crippen molar-refractivity contribution in [1.29, 1.82) is 0 Å². The first-order valence-corrected chi connectivity index (χ1v) is 17.5.